The fourth-order valence-electron chi connectivity index (χ4n) is 2.63. The summed E-state index contributed by atoms with van der Waals surface area (Å²) < 4.78 is 39.1. The average molecular weight is 306 g/mol. The van der Waals surface area contributed by atoms with Crippen LogP contribution < -0.4 is 4.72 Å². The number of hydrogen-bond acceptors (Lipinski definition) is 5. The van der Waals surface area contributed by atoms with Gasteiger partial charge in [0, 0.05) is 19.5 Å². The lowest BCUT2D eigenvalue weighted by molar-refractivity contribution is -0.147. The van der Waals surface area contributed by atoms with Crippen LogP contribution in [0.25, 0.3) is 0 Å². The third kappa shape index (κ3) is 3.49. The highest BCUT2D eigenvalue weighted by Gasteiger charge is 2.43. The first-order valence-electron chi connectivity index (χ1n) is 6.75. The largest absolute Gasteiger partial charge is 0.458 e. The van der Waals surface area contributed by atoms with Crippen LogP contribution in [0.5, 0.6) is 0 Å². The molecule has 0 spiro atoms. The summed E-state index contributed by atoms with van der Waals surface area (Å²) in [4.78, 5) is 11.7. The third-order valence-corrected chi connectivity index (χ3v) is 4.93. The lowest BCUT2D eigenvalue weighted by atomic mass is 10.0. The molecule has 116 valence electrons. The van der Waals surface area contributed by atoms with Gasteiger partial charge in [0.2, 0.25) is 0 Å². The Bertz CT molecular complexity index is 480. The van der Waals surface area contributed by atoms with E-state index in [2.05, 4.69) is 4.72 Å². The van der Waals surface area contributed by atoms with Crippen molar-refractivity contribution in [1.29, 1.82) is 0 Å². The van der Waals surface area contributed by atoms with E-state index < -0.39 is 27.8 Å². The zero-order chi connectivity index (χ0) is 15.1. The first-order valence-corrected chi connectivity index (χ1v) is 8.19. The number of esters is 1. The zero-order valence-electron chi connectivity index (χ0n) is 12.3. The van der Waals surface area contributed by atoms with Gasteiger partial charge in [0.15, 0.2) is 0 Å². The van der Waals surface area contributed by atoms with Gasteiger partial charge >= 0.3 is 5.97 Å². The summed E-state index contributed by atoms with van der Waals surface area (Å²) in [7, 11) is -3.71. The molecule has 0 aromatic rings. The van der Waals surface area contributed by atoms with Crippen molar-refractivity contribution in [1.82, 2.24) is 9.03 Å². The predicted octanol–water partition coefficient (Wildman–Crippen LogP) is 0.0241. The molecule has 7 nitrogen and oxygen atoms in total. The maximum atomic E-state index is 12.3. The van der Waals surface area contributed by atoms with Crippen LogP contribution in [0.1, 0.15) is 34.1 Å². The minimum absolute atomic E-state index is 0.165. The van der Waals surface area contributed by atoms with E-state index in [4.69, 9.17) is 9.47 Å². The molecule has 0 aromatic carbocycles. The number of nitrogens with zero attached hydrogens (tertiary/aromatic N) is 1. The van der Waals surface area contributed by atoms with Gasteiger partial charge in [0.05, 0.1) is 12.2 Å². The lowest BCUT2D eigenvalue weighted by Crippen LogP contribution is -2.54. The summed E-state index contributed by atoms with van der Waals surface area (Å²) in [6.45, 7) is 7.74. The van der Waals surface area contributed by atoms with Crippen LogP contribution in [0.2, 0.25) is 0 Å². The lowest BCUT2D eigenvalue weighted by Gasteiger charge is -2.34. The Morgan fingerprint density at radius 1 is 1.25 bits per heavy atom. The monoisotopic (exact) mass is 306 g/mol. The van der Waals surface area contributed by atoms with Gasteiger partial charge in [-0.3, -0.25) is 4.79 Å². The molecule has 3 atom stereocenters. The number of rotatable bonds is 3. The van der Waals surface area contributed by atoms with E-state index in [0.717, 1.165) is 0 Å². The molecule has 1 N–H and O–H groups in total. The SMILES string of the molecule is C[C@@H]1CN(S(=O)(=O)N[C@H]2CC(C)(C)OC2=O)C[C@@H](C)O1. The Morgan fingerprint density at radius 2 is 1.80 bits per heavy atom. The number of morpholine rings is 1. The Hall–Kier alpha value is -0.700. The summed E-state index contributed by atoms with van der Waals surface area (Å²) in [6, 6.07) is -0.816. The molecular formula is C12H22N2O5S. The van der Waals surface area contributed by atoms with Gasteiger partial charge < -0.3 is 9.47 Å². The third-order valence-electron chi connectivity index (χ3n) is 3.37. The van der Waals surface area contributed by atoms with Crippen LogP contribution in [-0.2, 0) is 24.5 Å². The van der Waals surface area contributed by atoms with Crippen molar-refractivity contribution in [3.8, 4) is 0 Å². The molecule has 2 rings (SSSR count). The maximum absolute atomic E-state index is 12.3. The van der Waals surface area contributed by atoms with Crippen molar-refractivity contribution in [2.24, 2.45) is 0 Å². The standard InChI is InChI=1S/C12H22N2O5S/c1-8-6-14(7-9(2)18-8)20(16,17)13-10-5-12(3,4)19-11(10)15/h8-10,13H,5-7H2,1-4H3/t8-,9-,10+/m1/s1. The number of carbonyl (C=O) groups is 1. The summed E-state index contributed by atoms with van der Waals surface area (Å²) in [5.74, 6) is -0.520. The molecule has 2 saturated heterocycles. The Kier molecular flexibility index (Phi) is 4.12. The molecule has 0 bridgehead atoms. The summed E-state index contributed by atoms with van der Waals surface area (Å²) in [5, 5.41) is 0. The van der Waals surface area contributed by atoms with Crippen LogP contribution in [0.3, 0.4) is 0 Å². The van der Waals surface area contributed by atoms with Gasteiger partial charge in [0.1, 0.15) is 11.6 Å². The van der Waals surface area contributed by atoms with Gasteiger partial charge in [-0.1, -0.05) is 0 Å². The number of nitrogens with one attached hydrogen (secondary N) is 1. The molecule has 0 amide bonds. The molecule has 0 radical (unpaired) electrons. The van der Waals surface area contributed by atoms with Crippen molar-refractivity contribution >= 4 is 16.2 Å². The molecule has 0 saturated carbocycles. The second-order valence-electron chi connectivity index (χ2n) is 6.13. The van der Waals surface area contributed by atoms with Crippen LogP contribution in [-0.4, -0.2) is 55.6 Å². The molecule has 2 heterocycles. The van der Waals surface area contributed by atoms with Gasteiger partial charge in [0.25, 0.3) is 10.2 Å². The van der Waals surface area contributed by atoms with Crippen molar-refractivity contribution in [3.05, 3.63) is 0 Å². The van der Waals surface area contributed by atoms with Gasteiger partial charge in [-0.2, -0.15) is 17.4 Å². The number of carbonyl (C=O) groups excluding carboxylic acids is 1. The summed E-state index contributed by atoms with van der Waals surface area (Å²) >= 11 is 0. The first kappa shape index (κ1) is 15.7. The highest BCUT2D eigenvalue weighted by Crippen LogP contribution is 2.26. The topological polar surface area (TPSA) is 84.9 Å². The molecule has 0 aliphatic carbocycles. The first-order chi connectivity index (χ1) is 9.09. The fraction of sp³-hybridized carbons (Fsp3) is 0.917. The molecule has 2 aliphatic rings. The van der Waals surface area contributed by atoms with E-state index in [1.54, 1.807) is 13.8 Å². The summed E-state index contributed by atoms with van der Waals surface area (Å²) in [6.07, 6.45) is 0.00476. The number of cyclic esters (lactones) is 1. The van der Waals surface area contributed by atoms with E-state index in [0.29, 0.717) is 6.42 Å². The minimum Gasteiger partial charge on any atom is -0.458 e. The molecule has 8 heteroatoms. The zero-order valence-corrected chi connectivity index (χ0v) is 13.1. The Balaban J connectivity index is 2.06. The van der Waals surface area contributed by atoms with E-state index in [1.165, 1.54) is 4.31 Å². The van der Waals surface area contributed by atoms with Crippen molar-refractivity contribution < 1.29 is 22.7 Å². The number of ether oxygens (including phenoxy) is 2. The van der Waals surface area contributed by atoms with Crippen LogP contribution >= 0.6 is 0 Å². The quantitative estimate of drug-likeness (QED) is 0.743. The Morgan fingerprint density at radius 3 is 2.25 bits per heavy atom. The minimum atomic E-state index is -3.71. The van der Waals surface area contributed by atoms with Crippen molar-refractivity contribution in [3.63, 3.8) is 0 Å². The molecule has 2 aliphatic heterocycles. The highest BCUT2D eigenvalue weighted by molar-refractivity contribution is 7.87. The van der Waals surface area contributed by atoms with E-state index >= 15 is 0 Å². The van der Waals surface area contributed by atoms with E-state index in [1.807, 2.05) is 13.8 Å². The van der Waals surface area contributed by atoms with E-state index in [-0.39, 0.29) is 25.3 Å². The van der Waals surface area contributed by atoms with Gasteiger partial charge in [-0.25, -0.2) is 0 Å². The van der Waals surface area contributed by atoms with Gasteiger partial charge in [-0.15, -0.1) is 0 Å². The normalized spacial score (nSPS) is 35.0. The molecule has 0 aromatic heterocycles. The molecule has 0 unspecified atom stereocenters. The van der Waals surface area contributed by atoms with Crippen molar-refractivity contribution in [2.75, 3.05) is 13.1 Å². The van der Waals surface area contributed by atoms with Crippen LogP contribution in [0, 0.1) is 0 Å². The van der Waals surface area contributed by atoms with Crippen molar-refractivity contribution in [2.45, 2.75) is 58.0 Å². The second-order valence-corrected chi connectivity index (χ2v) is 7.84. The van der Waals surface area contributed by atoms with Crippen LogP contribution in [0.4, 0.5) is 0 Å². The fourth-order valence-corrected chi connectivity index (χ4v) is 4.13. The molecule has 2 fully saturated rings. The maximum Gasteiger partial charge on any atom is 0.324 e. The Labute approximate surface area is 119 Å². The highest BCUT2D eigenvalue weighted by atomic mass is 32.2. The van der Waals surface area contributed by atoms with Gasteiger partial charge in [-0.05, 0) is 27.7 Å². The predicted molar refractivity (Wildman–Crippen MR) is 72.2 cm³/mol. The average Bonchev–Trinajstić information content (AvgIpc) is 2.49. The molecule has 20 heavy (non-hydrogen) atoms. The smallest absolute Gasteiger partial charge is 0.324 e. The van der Waals surface area contributed by atoms with Crippen LogP contribution in [0.15, 0.2) is 0 Å². The second kappa shape index (κ2) is 5.25. The summed E-state index contributed by atoms with van der Waals surface area (Å²) in [5.41, 5.74) is -0.629. The van der Waals surface area contributed by atoms with E-state index in [9.17, 15) is 13.2 Å². The molecular weight excluding hydrogens is 284 g/mol. The number of hydrogen-bond donors (Lipinski definition) is 1.